The summed E-state index contributed by atoms with van der Waals surface area (Å²) in [6.45, 7) is 2.02. The van der Waals surface area contributed by atoms with Crippen molar-refractivity contribution < 1.29 is 4.74 Å². The molecule has 0 bridgehead atoms. The number of pyridine rings is 1. The molecule has 5 aromatic carbocycles. The molecule has 0 N–H and O–H groups in total. The van der Waals surface area contributed by atoms with Gasteiger partial charge >= 0.3 is 0 Å². The van der Waals surface area contributed by atoms with Gasteiger partial charge in [-0.25, -0.2) is 15.0 Å². The number of fused-ring (bicyclic) bond motifs is 7. The lowest BCUT2D eigenvalue weighted by Crippen LogP contribution is -2.25. The molecule has 0 saturated carbocycles. The number of hydrogen-bond donors (Lipinski definition) is 0. The van der Waals surface area contributed by atoms with Crippen molar-refractivity contribution in [1.29, 1.82) is 0 Å². The zero-order valence-corrected chi connectivity index (χ0v) is 29.8. The molecule has 5 heteroatoms. The predicted octanol–water partition coefficient (Wildman–Crippen LogP) is 11.2. The van der Waals surface area contributed by atoms with Crippen molar-refractivity contribution in [1.82, 2.24) is 19.9 Å². The molecule has 0 amide bonds. The molecule has 9 rings (SSSR count). The molecule has 1 aliphatic heterocycles. The number of hydrogen-bond acceptors (Lipinski definition) is 5. The molecule has 1 aliphatic carbocycles. The zero-order valence-electron chi connectivity index (χ0n) is 29.8. The summed E-state index contributed by atoms with van der Waals surface area (Å²) in [6, 6.07) is 48.0. The van der Waals surface area contributed by atoms with Crippen LogP contribution in [0, 0.1) is 0 Å². The molecule has 258 valence electrons. The lowest BCUT2D eigenvalue weighted by molar-refractivity contribution is 0.469. The van der Waals surface area contributed by atoms with E-state index in [0.717, 1.165) is 44.8 Å². The Kier molecular flexibility index (Phi) is 8.66. The van der Waals surface area contributed by atoms with Crippen molar-refractivity contribution >= 4 is 6.08 Å². The van der Waals surface area contributed by atoms with Crippen molar-refractivity contribution in [3.63, 3.8) is 0 Å². The number of aromatic nitrogens is 4. The van der Waals surface area contributed by atoms with Gasteiger partial charge in [0, 0.05) is 28.5 Å². The Morgan fingerprint density at radius 2 is 1.22 bits per heavy atom. The Morgan fingerprint density at radius 1 is 0.611 bits per heavy atom. The topological polar surface area (TPSA) is 60.8 Å². The molecule has 1 spiro atoms. The van der Waals surface area contributed by atoms with E-state index in [-0.39, 0.29) is 0 Å². The van der Waals surface area contributed by atoms with E-state index in [2.05, 4.69) is 90.0 Å². The van der Waals surface area contributed by atoms with Crippen molar-refractivity contribution in [2.45, 2.75) is 18.8 Å². The van der Waals surface area contributed by atoms with Gasteiger partial charge in [-0.1, -0.05) is 140 Å². The monoisotopic (exact) mass is 696 g/mol. The normalized spacial score (nSPS) is 14.5. The largest absolute Gasteiger partial charge is 0.465 e. The van der Waals surface area contributed by atoms with E-state index in [9.17, 15) is 0 Å². The lowest BCUT2D eigenvalue weighted by Gasteiger charge is -2.32. The van der Waals surface area contributed by atoms with Crippen molar-refractivity contribution in [2.75, 3.05) is 0 Å². The molecule has 0 fully saturated rings. The summed E-state index contributed by atoms with van der Waals surface area (Å²) in [4.78, 5) is 19.8. The minimum atomic E-state index is -0.693. The van der Waals surface area contributed by atoms with Crippen LogP contribution in [0.25, 0.3) is 51.4 Å². The smallest absolute Gasteiger partial charge is 0.164 e. The summed E-state index contributed by atoms with van der Waals surface area (Å²) in [7, 11) is 0. The summed E-state index contributed by atoms with van der Waals surface area (Å²) in [5.41, 5.74) is 11.1. The van der Waals surface area contributed by atoms with Gasteiger partial charge in [-0.15, -0.1) is 0 Å². The third kappa shape index (κ3) is 5.96. The fourth-order valence-electron chi connectivity index (χ4n) is 7.66. The Bertz CT molecular complexity index is 2520. The van der Waals surface area contributed by atoms with Crippen LogP contribution in [0.4, 0.5) is 0 Å². The highest BCUT2D eigenvalue weighted by atomic mass is 16.5. The Morgan fingerprint density at radius 3 is 1.87 bits per heavy atom. The summed E-state index contributed by atoms with van der Waals surface area (Å²) in [5.74, 6) is 2.58. The molecule has 54 heavy (non-hydrogen) atoms. The van der Waals surface area contributed by atoms with E-state index in [1.54, 1.807) is 6.26 Å². The molecule has 5 nitrogen and oxygen atoms in total. The molecule has 0 atom stereocenters. The summed E-state index contributed by atoms with van der Waals surface area (Å²) in [6.07, 6.45) is 17.2. The fraction of sp³-hybridized carbons (Fsp3) is 0.0612. The van der Waals surface area contributed by atoms with E-state index >= 15 is 0 Å². The third-order valence-electron chi connectivity index (χ3n) is 10.1. The van der Waals surface area contributed by atoms with Crippen LogP contribution in [-0.4, -0.2) is 19.9 Å². The minimum Gasteiger partial charge on any atom is -0.465 e. The van der Waals surface area contributed by atoms with Gasteiger partial charge in [-0.3, -0.25) is 4.98 Å². The molecule has 2 aliphatic rings. The standard InChI is InChI=1S/C49H36N4O/c1-2-15-44-37(21-13-30-50-44)32-34-16-14-31-54-45-27-26-38(48-52-46(35-17-5-3-6-18-35)51-47(53-48)36-19-7-4-8-20-36)33-43(45)49(29-28-34)41-24-11-9-22-39(41)40-23-10-12-25-42(40)49/h2-31,33H,32H2,1H3/b15-2-,29-28?,31-14+,34-16?. The average Bonchev–Trinajstić information content (AvgIpc) is 3.52. The maximum Gasteiger partial charge on any atom is 0.164 e. The highest BCUT2D eigenvalue weighted by Gasteiger charge is 2.44. The maximum atomic E-state index is 6.58. The molecule has 7 aromatic rings. The van der Waals surface area contributed by atoms with Crippen molar-refractivity contribution in [3.05, 3.63) is 216 Å². The van der Waals surface area contributed by atoms with Crippen LogP contribution >= 0.6 is 0 Å². The van der Waals surface area contributed by atoms with E-state index in [1.807, 2.05) is 104 Å². The predicted molar refractivity (Wildman–Crippen MR) is 218 cm³/mol. The van der Waals surface area contributed by atoms with E-state index in [0.29, 0.717) is 23.9 Å². The van der Waals surface area contributed by atoms with Gasteiger partial charge in [0.05, 0.1) is 17.4 Å². The van der Waals surface area contributed by atoms with Crippen LogP contribution in [0.2, 0.25) is 0 Å². The van der Waals surface area contributed by atoms with E-state index in [1.165, 1.54) is 22.3 Å². The Hall–Kier alpha value is -6.98. The third-order valence-corrected chi connectivity index (χ3v) is 10.1. The van der Waals surface area contributed by atoms with Crippen LogP contribution in [-0.2, 0) is 11.8 Å². The van der Waals surface area contributed by atoms with Gasteiger partial charge in [0.2, 0.25) is 0 Å². The highest BCUT2D eigenvalue weighted by Crippen LogP contribution is 2.56. The number of rotatable bonds is 6. The van der Waals surface area contributed by atoms with E-state index in [4.69, 9.17) is 19.7 Å². The number of allylic oxidation sites excluding steroid dienone is 6. The first-order chi connectivity index (χ1) is 26.7. The van der Waals surface area contributed by atoms with Crippen LogP contribution in [0.3, 0.4) is 0 Å². The molecular weight excluding hydrogens is 661 g/mol. The molecule has 2 aromatic heterocycles. The second kappa shape index (κ2) is 14.2. The summed E-state index contributed by atoms with van der Waals surface area (Å²) >= 11 is 0. The molecular formula is C49H36N4O. The second-order valence-corrected chi connectivity index (χ2v) is 13.4. The van der Waals surface area contributed by atoms with Crippen molar-refractivity contribution in [3.8, 4) is 51.0 Å². The first kappa shape index (κ1) is 32.9. The van der Waals surface area contributed by atoms with E-state index < -0.39 is 5.41 Å². The van der Waals surface area contributed by atoms with Crippen LogP contribution in [0.5, 0.6) is 5.75 Å². The van der Waals surface area contributed by atoms with Crippen LogP contribution in [0.1, 0.15) is 34.9 Å². The first-order valence-corrected chi connectivity index (χ1v) is 18.2. The first-order valence-electron chi connectivity index (χ1n) is 18.2. The summed E-state index contributed by atoms with van der Waals surface area (Å²) < 4.78 is 6.58. The van der Waals surface area contributed by atoms with Crippen molar-refractivity contribution in [2.24, 2.45) is 0 Å². The van der Waals surface area contributed by atoms with Gasteiger partial charge < -0.3 is 4.74 Å². The van der Waals surface area contributed by atoms with Crippen LogP contribution < -0.4 is 4.74 Å². The lowest BCUT2D eigenvalue weighted by atomic mass is 9.71. The second-order valence-electron chi connectivity index (χ2n) is 13.4. The highest BCUT2D eigenvalue weighted by molar-refractivity contribution is 5.86. The molecule has 0 unspecified atom stereocenters. The minimum absolute atomic E-state index is 0.588. The number of ether oxygens (including phenoxy) is 1. The van der Waals surface area contributed by atoms with Gasteiger partial charge in [0.25, 0.3) is 0 Å². The maximum absolute atomic E-state index is 6.58. The zero-order chi connectivity index (χ0) is 36.3. The fourth-order valence-corrected chi connectivity index (χ4v) is 7.66. The number of benzene rings is 5. The van der Waals surface area contributed by atoms with Gasteiger partial charge in [-0.05, 0) is 83.2 Å². The number of nitrogens with zero attached hydrogens (tertiary/aromatic N) is 4. The summed E-state index contributed by atoms with van der Waals surface area (Å²) in [5, 5.41) is 0. The average molecular weight is 697 g/mol. The molecule has 3 heterocycles. The molecule has 0 radical (unpaired) electrons. The Labute approximate surface area is 315 Å². The van der Waals surface area contributed by atoms with Gasteiger partial charge in [0.1, 0.15) is 5.75 Å². The van der Waals surface area contributed by atoms with Crippen LogP contribution in [0.15, 0.2) is 188 Å². The van der Waals surface area contributed by atoms with Gasteiger partial charge in [-0.2, -0.15) is 0 Å². The van der Waals surface area contributed by atoms with Gasteiger partial charge in [0.15, 0.2) is 17.5 Å². The quantitative estimate of drug-likeness (QED) is 0.173. The Balaban J connectivity index is 1.27. The SMILES string of the molecule is C/C=C\c1ncccc1CC1=C/C=C/Oc2ccc(-c3nc(-c4ccccc4)nc(-c4ccccc4)n3)cc2C2(C=C1)c1ccccc1-c1ccccc12. The molecule has 0 saturated heterocycles.